The third kappa shape index (κ3) is 5.33. The van der Waals surface area contributed by atoms with Crippen molar-refractivity contribution in [2.45, 2.75) is 18.7 Å². The van der Waals surface area contributed by atoms with Gasteiger partial charge in [-0.3, -0.25) is 0 Å². The fraction of sp³-hybridized carbons (Fsp3) is 0.235. The lowest BCUT2D eigenvalue weighted by Gasteiger charge is -2.13. The molecule has 0 aliphatic carbocycles. The number of sulfonamides is 1. The summed E-state index contributed by atoms with van der Waals surface area (Å²) in [6.45, 7) is 4.81. The van der Waals surface area contributed by atoms with Crippen molar-refractivity contribution in [3.05, 3.63) is 51.6 Å². The second-order valence-electron chi connectivity index (χ2n) is 4.86. The number of rotatable bonds is 8. The van der Waals surface area contributed by atoms with E-state index in [-0.39, 0.29) is 4.90 Å². The van der Waals surface area contributed by atoms with Crippen molar-refractivity contribution in [1.82, 2.24) is 4.83 Å². The van der Waals surface area contributed by atoms with E-state index in [1.807, 2.05) is 19.9 Å². The molecule has 0 aliphatic heterocycles. The maximum atomic E-state index is 12.1. The van der Waals surface area contributed by atoms with E-state index < -0.39 is 10.0 Å². The first-order valence-corrected chi connectivity index (χ1v) is 10.2. The Balaban J connectivity index is 2.21. The second-order valence-corrected chi connectivity index (χ2v) is 7.69. The summed E-state index contributed by atoms with van der Waals surface area (Å²) in [7, 11) is -3.68. The Morgan fingerprint density at radius 2 is 1.80 bits per heavy atom. The third-order valence-electron chi connectivity index (χ3n) is 3.06. The third-order valence-corrected chi connectivity index (χ3v) is 5.10. The van der Waals surface area contributed by atoms with E-state index in [4.69, 9.17) is 9.47 Å². The minimum atomic E-state index is -3.68. The number of nitrogens with one attached hydrogen (secondary N) is 1. The molecule has 0 saturated carbocycles. The zero-order chi connectivity index (χ0) is 18.3. The molecule has 0 aliphatic rings. The molecule has 2 rings (SSSR count). The van der Waals surface area contributed by atoms with Crippen LogP contribution in [0.2, 0.25) is 0 Å². The summed E-state index contributed by atoms with van der Waals surface area (Å²) in [5, 5.41) is 3.85. The summed E-state index contributed by atoms with van der Waals surface area (Å²) in [5.41, 5.74) is 0.701. The summed E-state index contributed by atoms with van der Waals surface area (Å²) < 4.78 is 36.3. The van der Waals surface area contributed by atoms with E-state index in [0.717, 1.165) is 3.57 Å². The zero-order valence-electron chi connectivity index (χ0n) is 13.9. The number of hydrogen-bond acceptors (Lipinski definition) is 5. The molecule has 134 valence electrons. The van der Waals surface area contributed by atoms with Gasteiger partial charge in [0.25, 0.3) is 10.0 Å². The van der Waals surface area contributed by atoms with E-state index in [1.54, 1.807) is 24.3 Å². The fourth-order valence-corrected chi connectivity index (χ4v) is 3.63. The number of halogens is 1. The van der Waals surface area contributed by atoms with Crippen LogP contribution in [-0.4, -0.2) is 27.8 Å². The molecule has 0 fully saturated rings. The van der Waals surface area contributed by atoms with Gasteiger partial charge in [-0.15, -0.1) is 0 Å². The molecule has 0 saturated heterocycles. The summed E-state index contributed by atoms with van der Waals surface area (Å²) in [6.07, 6.45) is 1.43. The average Bonchev–Trinajstić information content (AvgIpc) is 2.59. The molecule has 0 bridgehead atoms. The Hall–Kier alpha value is -1.81. The van der Waals surface area contributed by atoms with Crippen molar-refractivity contribution in [3.8, 4) is 11.5 Å². The summed E-state index contributed by atoms with van der Waals surface area (Å²) in [6, 6.07) is 11.7. The number of ether oxygens (including phenoxy) is 2. The normalized spacial score (nSPS) is 11.5. The van der Waals surface area contributed by atoms with Gasteiger partial charge in [0.15, 0.2) is 11.5 Å². The molecule has 2 aromatic carbocycles. The lowest BCUT2D eigenvalue weighted by molar-refractivity contribution is 0.286. The van der Waals surface area contributed by atoms with Crippen LogP contribution in [0.4, 0.5) is 0 Å². The minimum Gasteiger partial charge on any atom is -0.490 e. The van der Waals surface area contributed by atoms with Gasteiger partial charge in [-0.05, 0) is 66.3 Å². The molecular formula is C17H19IN2O4S. The maximum absolute atomic E-state index is 12.1. The van der Waals surface area contributed by atoms with E-state index in [9.17, 15) is 8.42 Å². The number of nitrogens with zero attached hydrogens (tertiary/aromatic N) is 1. The fourth-order valence-electron chi connectivity index (χ4n) is 2.03. The Bertz CT molecular complexity index is 839. The molecule has 0 amide bonds. The van der Waals surface area contributed by atoms with Gasteiger partial charge in [-0.1, -0.05) is 18.2 Å². The van der Waals surface area contributed by atoms with Gasteiger partial charge in [-0.25, -0.2) is 4.83 Å². The number of hydrazone groups is 1. The van der Waals surface area contributed by atoms with Gasteiger partial charge < -0.3 is 9.47 Å². The highest BCUT2D eigenvalue weighted by Crippen LogP contribution is 2.33. The number of hydrogen-bond donors (Lipinski definition) is 1. The van der Waals surface area contributed by atoms with Crippen LogP contribution in [0.5, 0.6) is 11.5 Å². The van der Waals surface area contributed by atoms with Crippen LogP contribution in [0.25, 0.3) is 0 Å². The Morgan fingerprint density at radius 3 is 2.44 bits per heavy atom. The van der Waals surface area contributed by atoms with Crippen LogP contribution in [-0.2, 0) is 10.0 Å². The van der Waals surface area contributed by atoms with E-state index in [1.165, 1.54) is 18.3 Å². The van der Waals surface area contributed by atoms with Crippen LogP contribution >= 0.6 is 22.6 Å². The Labute approximate surface area is 161 Å². The molecule has 1 N–H and O–H groups in total. The highest BCUT2D eigenvalue weighted by atomic mass is 127. The Morgan fingerprint density at radius 1 is 1.12 bits per heavy atom. The number of benzene rings is 2. The molecule has 6 nitrogen and oxygen atoms in total. The van der Waals surface area contributed by atoms with Crippen LogP contribution in [0, 0.1) is 3.57 Å². The van der Waals surface area contributed by atoms with Crippen LogP contribution in [0.1, 0.15) is 19.4 Å². The molecule has 0 atom stereocenters. The van der Waals surface area contributed by atoms with Crippen molar-refractivity contribution in [2.75, 3.05) is 13.2 Å². The van der Waals surface area contributed by atoms with Gasteiger partial charge in [-0.2, -0.15) is 13.5 Å². The van der Waals surface area contributed by atoms with Gasteiger partial charge in [0.2, 0.25) is 0 Å². The van der Waals surface area contributed by atoms with Gasteiger partial charge in [0.05, 0.1) is 27.9 Å². The monoisotopic (exact) mass is 474 g/mol. The largest absolute Gasteiger partial charge is 0.490 e. The highest BCUT2D eigenvalue weighted by Gasteiger charge is 2.13. The Kier molecular flexibility index (Phi) is 7.06. The van der Waals surface area contributed by atoms with Crippen LogP contribution < -0.4 is 14.3 Å². The predicted molar refractivity (Wildman–Crippen MR) is 106 cm³/mol. The van der Waals surface area contributed by atoms with E-state index in [0.29, 0.717) is 30.3 Å². The van der Waals surface area contributed by atoms with Crippen molar-refractivity contribution in [3.63, 3.8) is 0 Å². The lowest BCUT2D eigenvalue weighted by atomic mass is 10.2. The molecule has 8 heteroatoms. The lowest BCUT2D eigenvalue weighted by Crippen LogP contribution is -2.18. The molecule has 25 heavy (non-hydrogen) atoms. The van der Waals surface area contributed by atoms with E-state index >= 15 is 0 Å². The van der Waals surface area contributed by atoms with Crippen molar-refractivity contribution in [1.29, 1.82) is 0 Å². The summed E-state index contributed by atoms with van der Waals surface area (Å²) >= 11 is 2.15. The van der Waals surface area contributed by atoms with Crippen LogP contribution in [0.3, 0.4) is 0 Å². The summed E-state index contributed by atoms with van der Waals surface area (Å²) in [4.78, 5) is 2.36. The first kappa shape index (κ1) is 19.5. The van der Waals surface area contributed by atoms with Gasteiger partial charge in [0, 0.05) is 0 Å². The predicted octanol–water partition coefficient (Wildman–Crippen LogP) is 3.40. The standard InChI is InChI=1S/C17H19IN2O4S/c1-3-23-16-11-13(10-15(18)17(16)24-4-2)12-19-20-25(21,22)14-8-6-5-7-9-14/h5-12,20H,3-4H2,1-2H3/b19-12-. The SMILES string of the molecule is CCOc1cc(/C=N\NS(=O)(=O)c2ccccc2)cc(I)c1OCC. The topological polar surface area (TPSA) is 77.0 Å². The molecule has 0 spiro atoms. The second kappa shape index (κ2) is 9.04. The molecule has 0 heterocycles. The molecule has 2 aromatic rings. The smallest absolute Gasteiger partial charge is 0.276 e. The first-order valence-electron chi connectivity index (χ1n) is 7.67. The molecule has 0 unspecified atom stereocenters. The van der Waals surface area contributed by atoms with Crippen LogP contribution in [0.15, 0.2) is 52.5 Å². The minimum absolute atomic E-state index is 0.156. The average molecular weight is 474 g/mol. The van der Waals surface area contributed by atoms with Crippen molar-refractivity contribution < 1.29 is 17.9 Å². The summed E-state index contributed by atoms with van der Waals surface area (Å²) in [5.74, 6) is 1.27. The quantitative estimate of drug-likeness (QED) is 0.362. The van der Waals surface area contributed by atoms with Gasteiger partial charge >= 0.3 is 0 Å². The van der Waals surface area contributed by atoms with Crippen molar-refractivity contribution in [2.24, 2.45) is 5.10 Å². The first-order chi connectivity index (χ1) is 12.0. The maximum Gasteiger partial charge on any atom is 0.276 e. The van der Waals surface area contributed by atoms with Gasteiger partial charge in [0.1, 0.15) is 0 Å². The molecule has 0 radical (unpaired) electrons. The zero-order valence-corrected chi connectivity index (χ0v) is 16.9. The van der Waals surface area contributed by atoms with Crippen molar-refractivity contribution >= 4 is 38.8 Å². The highest BCUT2D eigenvalue weighted by molar-refractivity contribution is 14.1. The molecular weight excluding hydrogens is 455 g/mol. The van der Waals surface area contributed by atoms with E-state index in [2.05, 4.69) is 32.5 Å². The molecule has 0 aromatic heterocycles.